The van der Waals surface area contributed by atoms with Crippen LogP contribution in [0.3, 0.4) is 0 Å². The highest BCUT2D eigenvalue weighted by Crippen LogP contribution is 2.20. The lowest BCUT2D eigenvalue weighted by Crippen LogP contribution is -2.24. The number of nitrogens with one attached hydrogen (secondary N) is 2. The van der Waals surface area contributed by atoms with Gasteiger partial charge in [0.25, 0.3) is 0 Å². The van der Waals surface area contributed by atoms with E-state index >= 15 is 0 Å². The maximum atomic E-state index is 7.65. The number of hydrogen-bond acceptors (Lipinski definition) is 2. The Hall–Kier alpha value is -1.64. The van der Waals surface area contributed by atoms with E-state index in [0.29, 0.717) is 11.7 Å². The van der Waals surface area contributed by atoms with Crippen LogP contribution < -0.4 is 0 Å². The van der Waals surface area contributed by atoms with Gasteiger partial charge in [-0.05, 0) is 0 Å². The lowest BCUT2D eigenvalue weighted by atomic mass is 10.1. The molecule has 0 amide bonds. The minimum Gasteiger partial charge on any atom is -0.314 e. The van der Waals surface area contributed by atoms with Crippen molar-refractivity contribution in [1.82, 2.24) is 4.90 Å². The van der Waals surface area contributed by atoms with Crippen molar-refractivity contribution < 1.29 is 0 Å². The molecule has 1 aromatic rings. The Morgan fingerprint density at radius 2 is 1.42 bits per heavy atom. The minimum atomic E-state index is 0.413. The summed E-state index contributed by atoms with van der Waals surface area (Å²) < 4.78 is 0. The highest BCUT2D eigenvalue weighted by atomic mass is 15.2. The van der Waals surface area contributed by atoms with Crippen LogP contribution in [-0.2, 0) is 0 Å². The van der Waals surface area contributed by atoms with E-state index in [1.54, 1.807) is 11.9 Å². The van der Waals surface area contributed by atoms with Crippen molar-refractivity contribution in [1.29, 1.82) is 10.8 Å². The second kappa shape index (κ2) is 2.17. The van der Waals surface area contributed by atoms with Gasteiger partial charge in [0.2, 0.25) is 0 Å². The van der Waals surface area contributed by atoms with Gasteiger partial charge in [0.15, 0.2) is 0 Å². The molecule has 0 spiro atoms. The van der Waals surface area contributed by atoms with Crippen molar-refractivity contribution in [3.8, 4) is 0 Å². The van der Waals surface area contributed by atoms with E-state index in [-0.39, 0.29) is 0 Å². The van der Waals surface area contributed by atoms with Crippen LogP contribution in [0.15, 0.2) is 24.3 Å². The van der Waals surface area contributed by atoms with Crippen LogP contribution in [0.2, 0.25) is 0 Å². The van der Waals surface area contributed by atoms with Crippen molar-refractivity contribution in [2.45, 2.75) is 0 Å². The SMILES string of the molecule is CN1C(=N)c2ccccc2C1=N. The molecule has 1 heterocycles. The van der Waals surface area contributed by atoms with Gasteiger partial charge in [-0.25, -0.2) is 0 Å². The second-order valence-electron chi connectivity index (χ2n) is 2.80. The molecule has 0 bridgehead atoms. The third-order valence-electron chi connectivity index (χ3n) is 2.11. The van der Waals surface area contributed by atoms with Crippen molar-refractivity contribution >= 4 is 11.7 Å². The molecule has 1 aliphatic rings. The third-order valence-corrected chi connectivity index (χ3v) is 2.11. The molecule has 1 aromatic carbocycles. The number of nitrogens with zero attached hydrogens (tertiary/aromatic N) is 1. The molecule has 0 unspecified atom stereocenters. The fourth-order valence-electron chi connectivity index (χ4n) is 1.37. The fourth-order valence-corrected chi connectivity index (χ4v) is 1.37. The summed E-state index contributed by atoms with van der Waals surface area (Å²) in [6.45, 7) is 0. The molecular weight excluding hydrogens is 150 g/mol. The van der Waals surface area contributed by atoms with Crippen LogP contribution in [0.5, 0.6) is 0 Å². The average molecular weight is 159 g/mol. The molecule has 2 rings (SSSR count). The second-order valence-corrected chi connectivity index (χ2v) is 2.80. The van der Waals surface area contributed by atoms with Crippen LogP contribution in [0.4, 0.5) is 0 Å². The molecule has 0 saturated heterocycles. The smallest absolute Gasteiger partial charge is 0.134 e. The molecular formula is C9H9N3. The van der Waals surface area contributed by atoms with Gasteiger partial charge in [-0.15, -0.1) is 0 Å². The quantitative estimate of drug-likeness (QED) is 0.588. The van der Waals surface area contributed by atoms with E-state index in [4.69, 9.17) is 10.8 Å². The summed E-state index contributed by atoms with van der Waals surface area (Å²) in [7, 11) is 1.74. The van der Waals surface area contributed by atoms with Gasteiger partial charge in [0, 0.05) is 18.2 Å². The summed E-state index contributed by atoms with van der Waals surface area (Å²) in [6, 6.07) is 7.52. The minimum absolute atomic E-state index is 0.413. The maximum absolute atomic E-state index is 7.65. The summed E-state index contributed by atoms with van der Waals surface area (Å²) in [4.78, 5) is 1.57. The van der Waals surface area contributed by atoms with E-state index in [9.17, 15) is 0 Å². The zero-order valence-electron chi connectivity index (χ0n) is 6.76. The van der Waals surface area contributed by atoms with E-state index in [1.165, 1.54) is 0 Å². The van der Waals surface area contributed by atoms with E-state index in [0.717, 1.165) is 11.1 Å². The topological polar surface area (TPSA) is 50.9 Å². The lowest BCUT2D eigenvalue weighted by molar-refractivity contribution is 0.758. The first kappa shape index (κ1) is 7.03. The Kier molecular flexibility index (Phi) is 1.27. The molecule has 12 heavy (non-hydrogen) atoms. The van der Waals surface area contributed by atoms with Gasteiger partial charge in [-0.1, -0.05) is 24.3 Å². The molecule has 60 valence electrons. The van der Waals surface area contributed by atoms with Crippen molar-refractivity contribution in [2.24, 2.45) is 0 Å². The monoisotopic (exact) mass is 159 g/mol. The molecule has 0 aromatic heterocycles. The predicted octanol–water partition coefficient (Wildman–Crippen LogP) is 1.28. The van der Waals surface area contributed by atoms with Crippen LogP contribution in [0, 0.1) is 10.8 Å². The molecule has 0 atom stereocenters. The van der Waals surface area contributed by atoms with Crippen molar-refractivity contribution in [3.63, 3.8) is 0 Å². The van der Waals surface area contributed by atoms with Crippen LogP contribution >= 0.6 is 0 Å². The molecule has 0 radical (unpaired) electrons. The number of rotatable bonds is 0. The zero-order valence-corrected chi connectivity index (χ0v) is 6.76. The lowest BCUT2D eigenvalue weighted by Gasteiger charge is -2.08. The van der Waals surface area contributed by atoms with Crippen LogP contribution in [0.1, 0.15) is 11.1 Å². The summed E-state index contributed by atoms with van der Waals surface area (Å²) in [6.07, 6.45) is 0. The van der Waals surface area contributed by atoms with Gasteiger partial charge in [0.05, 0.1) is 0 Å². The van der Waals surface area contributed by atoms with Gasteiger partial charge < -0.3 is 4.90 Å². The first-order chi connectivity index (χ1) is 5.72. The van der Waals surface area contributed by atoms with E-state index in [1.807, 2.05) is 24.3 Å². The highest BCUT2D eigenvalue weighted by Gasteiger charge is 2.25. The Balaban J connectivity index is 2.67. The first-order valence-corrected chi connectivity index (χ1v) is 3.72. The largest absolute Gasteiger partial charge is 0.314 e. The summed E-state index contributed by atoms with van der Waals surface area (Å²) >= 11 is 0. The third kappa shape index (κ3) is 0.704. The molecule has 3 heteroatoms. The normalized spacial score (nSPS) is 15.2. The van der Waals surface area contributed by atoms with Crippen molar-refractivity contribution in [3.05, 3.63) is 35.4 Å². The predicted molar refractivity (Wildman–Crippen MR) is 47.9 cm³/mol. The van der Waals surface area contributed by atoms with Crippen molar-refractivity contribution in [2.75, 3.05) is 7.05 Å². The number of hydrogen-bond donors (Lipinski definition) is 2. The Bertz CT molecular complexity index is 333. The molecule has 2 N–H and O–H groups in total. The summed E-state index contributed by atoms with van der Waals surface area (Å²) in [5.74, 6) is 0.825. The number of benzene rings is 1. The molecule has 0 fully saturated rings. The zero-order chi connectivity index (χ0) is 8.72. The molecule has 0 saturated carbocycles. The summed E-state index contributed by atoms with van der Waals surface area (Å²) in [5.41, 5.74) is 1.70. The Morgan fingerprint density at radius 1 is 1.00 bits per heavy atom. The van der Waals surface area contributed by atoms with Crippen LogP contribution in [0.25, 0.3) is 0 Å². The van der Waals surface area contributed by atoms with Gasteiger partial charge in [-0.2, -0.15) is 0 Å². The van der Waals surface area contributed by atoms with Gasteiger partial charge in [-0.3, -0.25) is 10.8 Å². The first-order valence-electron chi connectivity index (χ1n) is 3.72. The Morgan fingerprint density at radius 3 is 1.83 bits per heavy atom. The van der Waals surface area contributed by atoms with Gasteiger partial charge in [0.1, 0.15) is 11.7 Å². The maximum Gasteiger partial charge on any atom is 0.134 e. The number of amidine groups is 2. The average Bonchev–Trinajstić information content (AvgIpc) is 2.33. The van der Waals surface area contributed by atoms with Crippen LogP contribution in [-0.4, -0.2) is 23.6 Å². The van der Waals surface area contributed by atoms with E-state index < -0.39 is 0 Å². The summed E-state index contributed by atoms with van der Waals surface area (Å²) in [5, 5.41) is 15.3. The molecule has 1 aliphatic heterocycles. The Labute approximate surface area is 70.7 Å². The molecule has 3 nitrogen and oxygen atoms in total. The molecule has 0 aliphatic carbocycles. The fraction of sp³-hybridized carbons (Fsp3) is 0.111. The number of fused-ring (bicyclic) bond motifs is 1. The van der Waals surface area contributed by atoms with E-state index in [2.05, 4.69) is 0 Å². The van der Waals surface area contributed by atoms with Gasteiger partial charge >= 0.3 is 0 Å². The standard InChI is InChI=1S/C9H9N3/c1-12-8(10)6-4-2-3-5-7(6)9(12)11/h2-5,10-11H,1H3. The highest BCUT2D eigenvalue weighted by molar-refractivity contribution is 6.22.